The highest BCUT2D eigenvalue weighted by atomic mass is 16.5. The molecular formula is C8H14N2O2. The fourth-order valence-electron chi connectivity index (χ4n) is 0.958. The zero-order valence-electron chi connectivity index (χ0n) is 7.16. The maximum atomic E-state index is 9.43. The molecule has 0 amide bonds. The van der Waals surface area contributed by atoms with Gasteiger partial charge >= 0.3 is 0 Å². The zero-order chi connectivity index (χ0) is 8.97. The van der Waals surface area contributed by atoms with Gasteiger partial charge in [-0.2, -0.15) is 0 Å². The third kappa shape index (κ3) is 2.06. The Morgan fingerprint density at radius 1 is 1.75 bits per heavy atom. The van der Waals surface area contributed by atoms with Crippen LogP contribution in [0, 0.1) is 0 Å². The Morgan fingerprint density at radius 2 is 2.50 bits per heavy atom. The lowest BCUT2D eigenvalue weighted by Crippen LogP contribution is -2.06. The van der Waals surface area contributed by atoms with E-state index in [0.29, 0.717) is 18.7 Å². The normalized spacial score (nSPS) is 13.2. The van der Waals surface area contributed by atoms with Crippen molar-refractivity contribution in [3.8, 4) is 0 Å². The van der Waals surface area contributed by atoms with Gasteiger partial charge in [0, 0.05) is 12.5 Å². The minimum atomic E-state index is -0.584. The van der Waals surface area contributed by atoms with Crippen molar-refractivity contribution in [3.63, 3.8) is 0 Å². The van der Waals surface area contributed by atoms with Crippen LogP contribution in [0.25, 0.3) is 0 Å². The van der Waals surface area contributed by atoms with Crippen LogP contribution in [0.1, 0.15) is 30.9 Å². The van der Waals surface area contributed by atoms with E-state index >= 15 is 0 Å². The average molecular weight is 170 g/mol. The van der Waals surface area contributed by atoms with Crippen molar-refractivity contribution in [2.24, 2.45) is 5.73 Å². The van der Waals surface area contributed by atoms with E-state index < -0.39 is 6.10 Å². The molecule has 12 heavy (non-hydrogen) atoms. The molecule has 1 atom stereocenters. The molecule has 1 rings (SSSR count). The van der Waals surface area contributed by atoms with Gasteiger partial charge in [0.05, 0.1) is 0 Å². The molecule has 0 radical (unpaired) electrons. The SMILES string of the molecule is CCc1cc(C(O)CCN)no1. The lowest BCUT2D eigenvalue weighted by molar-refractivity contribution is 0.160. The van der Waals surface area contributed by atoms with Crippen molar-refractivity contribution >= 4 is 0 Å². The second kappa shape index (κ2) is 4.23. The molecule has 68 valence electrons. The van der Waals surface area contributed by atoms with Crippen molar-refractivity contribution in [3.05, 3.63) is 17.5 Å². The van der Waals surface area contributed by atoms with Crippen molar-refractivity contribution in [2.45, 2.75) is 25.9 Å². The van der Waals surface area contributed by atoms with Crippen LogP contribution in [0.2, 0.25) is 0 Å². The van der Waals surface area contributed by atoms with Crippen LogP contribution in [-0.2, 0) is 6.42 Å². The second-order valence-corrected chi connectivity index (χ2v) is 2.66. The third-order valence-electron chi connectivity index (χ3n) is 1.71. The largest absolute Gasteiger partial charge is 0.387 e. The summed E-state index contributed by atoms with van der Waals surface area (Å²) in [6.07, 6.45) is 0.733. The molecule has 0 saturated heterocycles. The molecule has 1 aromatic rings. The monoisotopic (exact) mass is 170 g/mol. The van der Waals surface area contributed by atoms with E-state index in [1.54, 1.807) is 6.07 Å². The quantitative estimate of drug-likeness (QED) is 0.694. The first-order valence-corrected chi connectivity index (χ1v) is 4.11. The molecule has 0 aliphatic carbocycles. The maximum Gasteiger partial charge on any atom is 0.136 e. The molecule has 1 aromatic heterocycles. The standard InChI is InChI=1S/C8H14N2O2/c1-2-6-5-7(10-12-6)8(11)3-4-9/h5,8,11H,2-4,9H2,1H3. The Balaban J connectivity index is 2.61. The highest BCUT2D eigenvalue weighted by Crippen LogP contribution is 2.15. The molecule has 0 fully saturated rings. The first kappa shape index (κ1) is 9.22. The summed E-state index contributed by atoms with van der Waals surface area (Å²) in [6.45, 7) is 2.43. The summed E-state index contributed by atoms with van der Waals surface area (Å²) in [5.41, 5.74) is 5.87. The van der Waals surface area contributed by atoms with E-state index in [1.807, 2.05) is 6.92 Å². The number of rotatable bonds is 4. The summed E-state index contributed by atoms with van der Waals surface area (Å²) in [6, 6.07) is 1.76. The van der Waals surface area contributed by atoms with Crippen LogP contribution >= 0.6 is 0 Å². The Morgan fingerprint density at radius 3 is 3.00 bits per heavy atom. The number of aromatic nitrogens is 1. The van der Waals surface area contributed by atoms with E-state index in [1.165, 1.54) is 0 Å². The van der Waals surface area contributed by atoms with Crippen molar-refractivity contribution in [2.75, 3.05) is 6.54 Å². The molecule has 1 unspecified atom stereocenters. The number of aliphatic hydroxyl groups is 1. The Labute approximate surface area is 71.4 Å². The smallest absolute Gasteiger partial charge is 0.136 e. The summed E-state index contributed by atoms with van der Waals surface area (Å²) in [4.78, 5) is 0. The highest BCUT2D eigenvalue weighted by molar-refractivity contribution is 5.07. The van der Waals surface area contributed by atoms with Crippen LogP contribution in [0.15, 0.2) is 10.6 Å². The topological polar surface area (TPSA) is 72.3 Å². The maximum absolute atomic E-state index is 9.43. The molecule has 0 spiro atoms. The fraction of sp³-hybridized carbons (Fsp3) is 0.625. The molecule has 0 saturated carbocycles. The van der Waals surface area contributed by atoms with Crippen LogP contribution in [0.5, 0.6) is 0 Å². The zero-order valence-corrected chi connectivity index (χ0v) is 7.16. The summed E-state index contributed by atoms with van der Waals surface area (Å²) < 4.78 is 4.93. The molecular weight excluding hydrogens is 156 g/mol. The van der Waals surface area contributed by atoms with Gasteiger partial charge < -0.3 is 15.4 Å². The Hall–Kier alpha value is -0.870. The molecule has 0 aromatic carbocycles. The van der Waals surface area contributed by atoms with Gasteiger partial charge in [-0.1, -0.05) is 12.1 Å². The van der Waals surface area contributed by atoms with E-state index in [2.05, 4.69) is 5.16 Å². The summed E-state index contributed by atoms with van der Waals surface area (Å²) in [7, 11) is 0. The van der Waals surface area contributed by atoms with Crippen LogP contribution in [-0.4, -0.2) is 16.8 Å². The molecule has 4 nitrogen and oxygen atoms in total. The first-order chi connectivity index (χ1) is 5.77. The van der Waals surface area contributed by atoms with Gasteiger partial charge in [0.25, 0.3) is 0 Å². The summed E-state index contributed by atoms with van der Waals surface area (Å²) >= 11 is 0. The lowest BCUT2D eigenvalue weighted by Gasteiger charge is -2.02. The predicted octanol–water partition coefficient (Wildman–Crippen LogP) is 0.619. The summed E-state index contributed by atoms with van der Waals surface area (Å²) in [5, 5.41) is 13.2. The van der Waals surface area contributed by atoms with Crippen LogP contribution in [0.3, 0.4) is 0 Å². The van der Waals surface area contributed by atoms with Crippen LogP contribution in [0.4, 0.5) is 0 Å². The molecule has 1 heterocycles. The third-order valence-corrected chi connectivity index (χ3v) is 1.71. The van der Waals surface area contributed by atoms with E-state index in [4.69, 9.17) is 10.3 Å². The molecule has 0 aliphatic heterocycles. The number of nitrogens with two attached hydrogens (primary N) is 1. The van der Waals surface area contributed by atoms with E-state index in [-0.39, 0.29) is 0 Å². The minimum absolute atomic E-state index is 0.454. The van der Waals surface area contributed by atoms with Gasteiger partial charge in [-0.3, -0.25) is 0 Å². The predicted molar refractivity (Wildman–Crippen MR) is 44.5 cm³/mol. The molecule has 0 aliphatic rings. The van der Waals surface area contributed by atoms with Gasteiger partial charge in [-0.25, -0.2) is 0 Å². The minimum Gasteiger partial charge on any atom is -0.387 e. The fourth-order valence-corrected chi connectivity index (χ4v) is 0.958. The van der Waals surface area contributed by atoms with E-state index in [9.17, 15) is 5.11 Å². The number of aryl methyl sites for hydroxylation is 1. The van der Waals surface area contributed by atoms with E-state index in [0.717, 1.165) is 12.2 Å². The van der Waals surface area contributed by atoms with Gasteiger partial charge in [0.1, 0.15) is 17.6 Å². The number of nitrogens with zero attached hydrogens (tertiary/aromatic N) is 1. The van der Waals surface area contributed by atoms with Crippen molar-refractivity contribution < 1.29 is 9.63 Å². The molecule has 4 heteroatoms. The Bertz CT molecular complexity index is 235. The van der Waals surface area contributed by atoms with Gasteiger partial charge in [-0.15, -0.1) is 0 Å². The first-order valence-electron chi connectivity index (χ1n) is 4.11. The summed E-state index contributed by atoms with van der Waals surface area (Å²) in [5.74, 6) is 0.793. The average Bonchev–Trinajstić information content (AvgIpc) is 2.52. The van der Waals surface area contributed by atoms with Gasteiger partial charge in [-0.05, 0) is 13.0 Å². The Kier molecular flexibility index (Phi) is 3.25. The van der Waals surface area contributed by atoms with Gasteiger partial charge in [0.2, 0.25) is 0 Å². The van der Waals surface area contributed by atoms with Crippen LogP contribution < -0.4 is 5.73 Å². The highest BCUT2D eigenvalue weighted by Gasteiger charge is 2.11. The van der Waals surface area contributed by atoms with Gasteiger partial charge in [0.15, 0.2) is 0 Å². The second-order valence-electron chi connectivity index (χ2n) is 2.66. The lowest BCUT2D eigenvalue weighted by atomic mass is 10.2. The number of hydrogen-bond acceptors (Lipinski definition) is 4. The number of hydrogen-bond donors (Lipinski definition) is 2. The molecule has 3 N–H and O–H groups in total. The molecule has 0 bridgehead atoms. The van der Waals surface area contributed by atoms with Crippen molar-refractivity contribution in [1.29, 1.82) is 0 Å². The van der Waals surface area contributed by atoms with Crippen molar-refractivity contribution in [1.82, 2.24) is 5.16 Å². The number of aliphatic hydroxyl groups excluding tert-OH is 1.